The molecule has 1 aromatic heterocycles. The van der Waals surface area contributed by atoms with Gasteiger partial charge in [-0.25, -0.2) is 0 Å². The van der Waals surface area contributed by atoms with Crippen molar-refractivity contribution < 1.29 is 67.6 Å². The molecule has 1 heterocycles. The fourth-order valence-electron chi connectivity index (χ4n) is 1.32. The van der Waals surface area contributed by atoms with Crippen molar-refractivity contribution in [3.05, 3.63) is 30.1 Å². The van der Waals surface area contributed by atoms with E-state index in [1.165, 1.54) is 18.3 Å². The summed E-state index contributed by atoms with van der Waals surface area (Å²) in [5, 5.41) is 11.5. The van der Waals surface area contributed by atoms with Gasteiger partial charge in [0, 0.05) is 18.8 Å². The van der Waals surface area contributed by atoms with Crippen LogP contribution in [-0.4, -0.2) is 64.5 Å². The van der Waals surface area contributed by atoms with Crippen molar-refractivity contribution in [3.63, 3.8) is 0 Å². The highest BCUT2D eigenvalue weighted by atomic mass is 31.2. The molecule has 19 heteroatoms. The van der Waals surface area contributed by atoms with E-state index in [1.807, 2.05) is 0 Å². The summed E-state index contributed by atoms with van der Waals surface area (Å²) in [5.41, 5.74) is 0.0988. The van der Waals surface area contributed by atoms with Crippen LogP contribution in [0, 0.1) is 0 Å². The predicted octanol–water partition coefficient (Wildman–Crippen LogP) is -1.37. The quantitative estimate of drug-likeness (QED) is 0.206. The highest BCUT2D eigenvalue weighted by Gasteiger charge is 2.59. The van der Waals surface area contributed by atoms with Crippen LogP contribution in [0.4, 0.5) is 0 Å². The molecular weight excluding hydrogens is 470 g/mol. The Bertz CT molecular complexity index is 801. The molecule has 28 heavy (non-hydrogen) atoms. The minimum atomic E-state index is -5.41. The van der Waals surface area contributed by atoms with E-state index >= 15 is 0 Å². The van der Waals surface area contributed by atoms with Crippen molar-refractivity contribution in [1.29, 1.82) is 0 Å². The molecule has 0 bridgehead atoms. The lowest BCUT2D eigenvalue weighted by Gasteiger charge is -2.29. The van der Waals surface area contributed by atoms with Gasteiger partial charge in [0.15, 0.2) is 0 Å². The minimum absolute atomic E-state index is 0.0988. The van der Waals surface area contributed by atoms with E-state index in [4.69, 9.17) is 44.3 Å². The maximum atomic E-state index is 11.0. The summed E-state index contributed by atoms with van der Waals surface area (Å²) >= 11 is 0. The second-order valence-electron chi connectivity index (χ2n) is 5.46. The van der Waals surface area contributed by atoms with Crippen LogP contribution in [0.5, 0.6) is 0 Å². The van der Waals surface area contributed by atoms with Crippen molar-refractivity contribution >= 4 is 30.4 Å². The summed E-state index contributed by atoms with van der Waals surface area (Å²) in [5.74, 6) is 0. The van der Waals surface area contributed by atoms with Crippen LogP contribution < -0.4 is 0 Å². The van der Waals surface area contributed by atoms with Gasteiger partial charge >= 0.3 is 30.4 Å². The monoisotopic (exact) mass is 489 g/mol. The van der Waals surface area contributed by atoms with Gasteiger partial charge in [-0.2, -0.15) is 0 Å². The van der Waals surface area contributed by atoms with Crippen molar-refractivity contribution in [3.8, 4) is 0 Å². The minimum Gasteiger partial charge on any atom is -0.368 e. The Labute approximate surface area is 157 Å². The topological polar surface area (TPSA) is 283 Å². The van der Waals surface area contributed by atoms with Crippen LogP contribution in [0.3, 0.4) is 0 Å². The standard InChI is InChI=1S/C7H11NO7P2.C2H8O7P2/c9-7(16(10,11)12,17(13,14)15)4-6-2-1-3-8-5-6;1-2(3,10(4,5)6)11(7,8)9/h1-3,5,9H,4H2,(H2,10,11,12)(H2,13,14,15);3H,1H3,(H2,4,5,6)(H2,7,8,9). The van der Waals surface area contributed by atoms with Gasteiger partial charge in [0.2, 0.25) is 0 Å². The van der Waals surface area contributed by atoms with Crippen LogP contribution in [0.25, 0.3) is 0 Å². The smallest absolute Gasteiger partial charge is 0.368 e. The third-order valence-electron chi connectivity index (χ3n) is 3.20. The second-order valence-corrected chi connectivity index (χ2v) is 13.7. The van der Waals surface area contributed by atoms with Gasteiger partial charge in [0.1, 0.15) is 0 Å². The highest BCUT2D eigenvalue weighted by Crippen LogP contribution is 2.68. The molecule has 15 nitrogen and oxygen atoms in total. The molecule has 0 aromatic carbocycles. The molecule has 0 unspecified atom stereocenters. The third kappa shape index (κ3) is 6.60. The molecule has 0 aliphatic carbocycles. The summed E-state index contributed by atoms with van der Waals surface area (Å²) in [6.07, 6.45) is 1.63. The van der Waals surface area contributed by atoms with Crippen molar-refractivity contribution in [2.75, 3.05) is 0 Å². The predicted molar refractivity (Wildman–Crippen MR) is 91.7 cm³/mol. The summed E-state index contributed by atoms with van der Waals surface area (Å²) in [6, 6.07) is 2.75. The Kier molecular flexibility index (Phi) is 8.70. The van der Waals surface area contributed by atoms with Crippen molar-refractivity contribution in [2.45, 2.75) is 23.5 Å². The van der Waals surface area contributed by atoms with E-state index in [0.717, 1.165) is 6.20 Å². The normalized spacial score (nSPS) is 14.2. The zero-order chi connectivity index (χ0) is 22.8. The lowest BCUT2D eigenvalue weighted by atomic mass is 10.2. The lowest BCUT2D eigenvalue weighted by Crippen LogP contribution is -2.31. The Morgan fingerprint density at radius 3 is 1.43 bits per heavy atom. The van der Waals surface area contributed by atoms with E-state index in [0.29, 0.717) is 6.92 Å². The van der Waals surface area contributed by atoms with Gasteiger partial charge in [-0.3, -0.25) is 23.2 Å². The first-order valence-electron chi connectivity index (χ1n) is 6.64. The second kappa shape index (κ2) is 8.81. The molecule has 0 spiro atoms. The molecule has 0 saturated carbocycles. The number of hydrogen-bond donors (Lipinski definition) is 10. The molecule has 1 aromatic rings. The molecule has 164 valence electrons. The molecule has 0 saturated heterocycles. The summed E-state index contributed by atoms with van der Waals surface area (Å²) < 4.78 is 42.6. The van der Waals surface area contributed by atoms with E-state index in [1.54, 1.807) is 0 Å². The zero-order valence-electron chi connectivity index (χ0n) is 13.9. The van der Waals surface area contributed by atoms with E-state index in [9.17, 15) is 23.4 Å². The van der Waals surface area contributed by atoms with Crippen molar-refractivity contribution in [1.82, 2.24) is 4.98 Å². The molecule has 0 aliphatic heterocycles. The molecule has 0 aliphatic rings. The zero-order valence-corrected chi connectivity index (χ0v) is 17.4. The number of pyridine rings is 1. The van der Waals surface area contributed by atoms with Gasteiger partial charge < -0.3 is 49.4 Å². The SMILES string of the molecule is CC(O)(P(=O)(O)O)P(=O)(O)O.O=P(O)(O)C(O)(Cc1cccnc1)P(=O)(O)O. The molecule has 10 N–H and O–H groups in total. The molecule has 0 amide bonds. The number of rotatable bonds is 6. The number of nitrogens with zero attached hydrogens (tertiary/aromatic N) is 1. The summed E-state index contributed by atoms with van der Waals surface area (Å²) in [6.45, 7) is 0.383. The van der Waals surface area contributed by atoms with Crippen LogP contribution in [0.2, 0.25) is 0 Å². The molecule has 0 radical (unpaired) electrons. The molecule has 0 fully saturated rings. The van der Waals surface area contributed by atoms with Crippen LogP contribution in [-0.2, 0) is 24.7 Å². The molecule has 0 atom stereocenters. The average molecular weight is 489 g/mol. The van der Waals surface area contributed by atoms with Gasteiger partial charge in [-0.05, 0) is 18.6 Å². The van der Waals surface area contributed by atoms with Gasteiger partial charge in [-0.15, -0.1) is 0 Å². The van der Waals surface area contributed by atoms with E-state index in [-0.39, 0.29) is 5.56 Å². The van der Waals surface area contributed by atoms with Crippen LogP contribution >= 0.6 is 30.4 Å². The highest BCUT2D eigenvalue weighted by molar-refractivity contribution is 7.72. The summed E-state index contributed by atoms with van der Waals surface area (Å²) in [4.78, 5) is 72.1. The first-order chi connectivity index (χ1) is 12.1. The average Bonchev–Trinajstić information content (AvgIpc) is 2.44. The summed E-state index contributed by atoms with van der Waals surface area (Å²) in [7, 11) is -21.2. The van der Waals surface area contributed by atoms with Crippen molar-refractivity contribution in [2.24, 2.45) is 0 Å². The van der Waals surface area contributed by atoms with Gasteiger partial charge in [0.05, 0.1) is 0 Å². The maximum absolute atomic E-state index is 11.0. The molecule has 1 rings (SSSR count). The fraction of sp³-hybridized carbons (Fsp3) is 0.444. The van der Waals surface area contributed by atoms with Crippen LogP contribution in [0.15, 0.2) is 24.5 Å². The Morgan fingerprint density at radius 2 is 1.21 bits per heavy atom. The Balaban J connectivity index is 0.000000576. The molecular formula is C9H19NO14P4. The number of hydrogen-bond acceptors (Lipinski definition) is 7. The number of aliphatic hydroxyl groups is 2. The number of aromatic nitrogens is 1. The van der Waals surface area contributed by atoms with Gasteiger partial charge in [0.25, 0.3) is 10.2 Å². The van der Waals surface area contributed by atoms with E-state index < -0.39 is 47.0 Å². The largest absolute Gasteiger partial charge is 0.369 e. The fourth-order valence-corrected chi connectivity index (χ4v) is 4.81. The van der Waals surface area contributed by atoms with E-state index in [2.05, 4.69) is 4.98 Å². The third-order valence-corrected chi connectivity index (χ3v) is 10.7. The lowest BCUT2D eigenvalue weighted by molar-refractivity contribution is 0.131. The van der Waals surface area contributed by atoms with Gasteiger partial charge in [-0.1, -0.05) is 6.07 Å². The Morgan fingerprint density at radius 1 is 0.821 bits per heavy atom. The Hall–Kier alpha value is -0.330. The first kappa shape index (κ1) is 27.7. The first-order valence-corrected chi connectivity index (χ1v) is 13.1. The maximum Gasteiger partial charge on any atom is 0.369 e. The van der Waals surface area contributed by atoms with Crippen LogP contribution in [0.1, 0.15) is 12.5 Å².